The second-order valence-electron chi connectivity index (χ2n) is 7.53. The molecule has 1 aromatic heterocycles. The summed E-state index contributed by atoms with van der Waals surface area (Å²) < 4.78 is 9.81. The average Bonchev–Trinajstić information content (AvgIpc) is 3.35. The van der Waals surface area contributed by atoms with Crippen LogP contribution in [-0.4, -0.2) is 54.0 Å². The minimum Gasteiger partial charge on any atom is -0.497 e. The number of benzene rings is 1. The van der Waals surface area contributed by atoms with Gasteiger partial charge in [-0.3, -0.25) is 9.59 Å². The number of carbonyl (C=O) groups excluding carboxylic acids is 4. The summed E-state index contributed by atoms with van der Waals surface area (Å²) in [4.78, 5) is 55.6. The van der Waals surface area contributed by atoms with Gasteiger partial charge in [0, 0.05) is 5.38 Å². The molecule has 1 fully saturated rings. The van der Waals surface area contributed by atoms with Gasteiger partial charge < -0.3 is 20.1 Å². The van der Waals surface area contributed by atoms with E-state index in [2.05, 4.69) is 20.4 Å². The number of ether oxygens (including phenoxy) is 2. The van der Waals surface area contributed by atoms with E-state index in [4.69, 9.17) is 4.74 Å². The van der Waals surface area contributed by atoms with Gasteiger partial charge in [0.15, 0.2) is 10.8 Å². The molecule has 10 nitrogen and oxygen atoms in total. The number of nitrogens with one attached hydrogen (secondary N) is 2. The summed E-state index contributed by atoms with van der Waals surface area (Å²) in [6, 6.07) is 4.18. The molecule has 3 rings (SSSR count). The molecular formula is C21H24N4O6S. The Morgan fingerprint density at radius 3 is 2.69 bits per heavy atom. The third-order valence-electron chi connectivity index (χ3n) is 4.84. The fourth-order valence-corrected chi connectivity index (χ4v) is 4.01. The molecule has 0 aliphatic carbocycles. The SMILES string of the molecule is COC(=O)c1csc(NC(=O)[C@H](CC(C)C)N2C(=O)NC(c3cccc(OC)c3)C2=O)n1. The molecule has 32 heavy (non-hydrogen) atoms. The highest BCUT2D eigenvalue weighted by Gasteiger charge is 2.45. The van der Waals surface area contributed by atoms with Crippen LogP contribution in [0.4, 0.5) is 9.93 Å². The fraction of sp³-hybridized carbons (Fsp3) is 0.381. The van der Waals surface area contributed by atoms with Crippen molar-refractivity contribution in [2.75, 3.05) is 19.5 Å². The third kappa shape index (κ3) is 4.88. The summed E-state index contributed by atoms with van der Waals surface area (Å²) in [5.74, 6) is -1.16. The summed E-state index contributed by atoms with van der Waals surface area (Å²) in [6.07, 6.45) is 0.255. The van der Waals surface area contributed by atoms with Crippen LogP contribution in [0.15, 0.2) is 29.6 Å². The Hall–Kier alpha value is -3.47. The zero-order chi connectivity index (χ0) is 23.4. The maximum absolute atomic E-state index is 13.2. The number of hydrogen-bond acceptors (Lipinski definition) is 8. The van der Waals surface area contributed by atoms with Crippen LogP contribution >= 0.6 is 11.3 Å². The molecule has 11 heteroatoms. The van der Waals surface area contributed by atoms with Crippen molar-refractivity contribution in [1.29, 1.82) is 0 Å². The van der Waals surface area contributed by atoms with Crippen molar-refractivity contribution in [3.8, 4) is 5.75 Å². The van der Waals surface area contributed by atoms with E-state index in [-0.39, 0.29) is 23.2 Å². The van der Waals surface area contributed by atoms with Gasteiger partial charge in [-0.15, -0.1) is 11.3 Å². The molecule has 2 N–H and O–H groups in total. The first kappa shape index (κ1) is 23.2. The normalized spacial score (nSPS) is 16.7. The van der Waals surface area contributed by atoms with Crippen LogP contribution in [0, 0.1) is 5.92 Å². The van der Waals surface area contributed by atoms with Crippen molar-refractivity contribution in [2.45, 2.75) is 32.4 Å². The zero-order valence-electron chi connectivity index (χ0n) is 18.1. The summed E-state index contributed by atoms with van der Waals surface area (Å²) in [6.45, 7) is 3.77. The molecule has 2 aromatic rings. The number of amides is 4. The number of aromatic nitrogens is 1. The molecule has 170 valence electrons. The lowest BCUT2D eigenvalue weighted by Crippen LogP contribution is -2.48. The van der Waals surface area contributed by atoms with E-state index in [0.29, 0.717) is 11.3 Å². The Kier molecular flexibility index (Phi) is 7.08. The van der Waals surface area contributed by atoms with E-state index < -0.39 is 35.9 Å². The second-order valence-corrected chi connectivity index (χ2v) is 8.39. The van der Waals surface area contributed by atoms with Crippen molar-refractivity contribution in [1.82, 2.24) is 15.2 Å². The number of thiazole rings is 1. The lowest BCUT2D eigenvalue weighted by atomic mass is 10.0. The molecule has 1 aliphatic rings. The van der Waals surface area contributed by atoms with Gasteiger partial charge in [0.05, 0.1) is 14.2 Å². The van der Waals surface area contributed by atoms with Crippen molar-refractivity contribution in [2.24, 2.45) is 5.92 Å². The summed E-state index contributed by atoms with van der Waals surface area (Å²) in [5, 5.41) is 6.87. The van der Waals surface area contributed by atoms with E-state index in [1.54, 1.807) is 24.3 Å². The predicted octanol–water partition coefficient (Wildman–Crippen LogP) is 2.58. The number of imide groups is 1. The number of anilines is 1. The Balaban J connectivity index is 1.83. The first-order chi connectivity index (χ1) is 15.2. The lowest BCUT2D eigenvalue weighted by Gasteiger charge is -2.25. The highest BCUT2D eigenvalue weighted by atomic mass is 32.1. The van der Waals surface area contributed by atoms with Gasteiger partial charge in [-0.1, -0.05) is 26.0 Å². The van der Waals surface area contributed by atoms with Crippen molar-refractivity contribution >= 4 is 40.3 Å². The molecular weight excluding hydrogens is 436 g/mol. The number of carbonyl (C=O) groups is 4. The summed E-state index contributed by atoms with van der Waals surface area (Å²) >= 11 is 1.04. The van der Waals surface area contributed by atoms with E-state index in [9.17, 15) is 19.2 Å². The summed E-state index contributed by atoms with van der Waals surface area (Å²) in [7, 11) is 2.74. The molecule has 1 saturated heterocycles. The Morgan fingerprint density at radius 1 is 1.28 bits per heavy atom. The van der Waals surface area contributed by atoms with Crippen LogP contribution < -0.4 is 15.4 Å². The molecule has 2 atom stereocenters. The van der Waals surface area contributed by atoms with Gasteiger partial charge >= 0.3 is 12.0 Å². The Labute approximate surface area is 188 Å². The van der Waals surface area contributed by atoms with E-state index in [1.165, 1.54) is 19.6 Å². The predicted molar refractivity (Wildman–Crippen MR) is 116 cm³/mol. The number of rotatable bonds is 8. The molecule has 2 heterocycles. The number of nitrogens with zero attached hydrogens (tertiary/aromatic N) is 2. The van der Waals surface area contributed by atoms with Crippen LogP contribution in [0.5, 0.6) is 5.75 Å². The Morgan fingerprint density at radius 2 is 2.03 bits per heavy atom. The van der Waals surface area contributed by atoms with Crippen LogP contribution in [0.3, 0.4) is 0 Å². The standard InChI is InChI=1S/C21H24N4O6S/c1-11(2)8-15(17(26)24-20-22-14(10-32-20)19(28)31-4)25-18(27)16(23-21(25)29)12-6-5-7-13(9-12)30-3/h5-7,9-11,15-16H,8H2,1-4H3,(H,23,29)(H,22,24,26)/t15-,16?/m0/s1. The summed E-state index contributed by atoms with van der Waals surface area (Å²) in [5.41, 5.74) is 0.609. The van der Waals surface area contributed by atoms with Gasteiger partial charge in [0.2, 0.25) is 5.91 Å². The zero-order valence-corrected chi connectivity index (χ0v) is 18.9. The van der Waals surface area contributed by atoms with Crippen LogP contribution in [0.1, 0.15) is 42.4 Å². The first-order valence-electron chi connectivity index (χ1n) is 9.87. The molecule has 0 bridgehead atoms. The van der Waals surface area contributed by atoms with Gasteiger partial charge in [0.1, 0.15) is 17.8 Å². The first-order valence-corrected chi connectivity index (χ1v) is 10.7. The topological polar surface area (TPSA) is 127 Å². The van der Waals surface area contributed by atoms with Crippen LogP contribution in [0.2, 0.25) is 0 Å². The molecule has 4 amide bonds. The van der Waals surface area contributed by atoms with Gasteiger partial charge in [0.25, 0.3) is 5.91 Å². The molecule has 1 aromatic carbocycles. The number of hydrogen-bond donors (Lipinski definition) is 2. The van der Waals surface area contributed by atoms with Gasteiger partial charge in [-0.05, 0) is 30.0 Å². The van der Waals surface area contributed by atoms with Crippen LogP contribution in [0.25, 0.3) is 0 Å². The Bertz CT molecular complexity index is 1040. The van der Waals surface area contributed by atoms with Crippen molar-refractivity contribution in [3.63, 3.8) is 0 Å². The maximum atomic E-state index is 13.2. The van der Waals surface area contributed by atoms with E-state index in [1.807, 2.05) is 13.8 Å². The smallest absolute Gasteiger partial charge is 0.357 e. The average molecular weight is 461 g/mol. The van der Waals surface area contributed by atoms with Gasteiger partial charge in [-0.25, -0.2) is 19.5 Å². The quantitative estimate of drug-likeness (QED) is 0.458. The minimum absolute atomic E-state index is 0.0177. The second kappa shape index (κ2) is 9.77. The number of esters is 1. The molecule has 0 saturated carbocycles. The fourth-order valence-electron chi connectivity index (χ4n) is 3.33. The molecule has 1 unspecified atom stereocenters. The van der Waals surface area contributed by atoms with Crippen molar-refractivity contribution < 1.29 is 28.7 Å². The number of methoxy groups -OCH3 is 2. The van der Waals surface area contributed by atoms with Crippen molar-refractivity contribution in [3.05, 3.63) is 40.9 Å². The highest BCUT2D eigenvalue weighted by Crippen LogP contribution is 2.28. The van der Waals surface area contributed by atoms with Crippen LogP contribution in [-0.2, 0) is 14.3 Å². The van der Waals surface area contributed by atoms with E-state index in [0.717, 1.165) is 16.2 Å². The largest absolute Gasteiger partial charge is 0.497 e. The molecule has 0 radical (unpaired) electrons. The third-order valence-corrected chi connectivity index (χ3v) is 5.59. The molecule has 0 spiro atoms. The van der Waals surface area contributed by atoms with E-state index >= 15 is 0 Å². The molecule has 1 aliphatic heterocycles. The lowest BCUT2D eigenvalue weighted by molar-refractivity contribution is -0.134. The monoisotopic (exact) mass is 460 g/mol. The minimum atomic E-state index is -1.05. The van der Waals surface area contributed by atoms with Gasteiger partial charge in [-0.2, -0.15) is 0 Å². The number of urea groups is 1. The maximum Gasteiger partial charge on any atom is 0.357 e. The highest BCUT2D eigenvalue weighted by molar-refractivity contribution is 7.14.